The van der Waals surface area contributed by atoms with E-state index in [9.17, 15) is 14.7 Å². The minimum absolute atomic E-state index is 0.164. The smallest absolute Gasteiger partial charge is 0.330 e. The number of benzene rings is 2. The van der Waals surface area contributed by atoms with Crippen LogP contribution in [0.4, 0.5) is 0 Å². The van der Waals surface area contributed by atoms with E-state index < -0.39 is 17.9 Å². The van der Waals surface area contributed by atoms with Crippen molar-refractivity contribution in [3.63, 3.8) is 0 Å². The molecular weight excluding hydrogens is 313 g/mol. The summed E-state index contributed by atoms with van der Waals surface area (Å²) >= 11 is 11.7. The maximum absolute atomic E-state index is 12.2. The van der Waals surface area contributed by atoms with Gasteiger partial charge in [-0.1, -0.05) is 53.5 Å². The molecule has 2 rings (SSSR count). The lowest BCUT2D eigenvalue weighted by molar-refractivity contribution is -0.139. The van der Waals surface area contributed by atoms with Crippen LogP contribution in [0.1, 0.15) is 22.0 Å². The molecule has 0 unspecified atom stereocenters. The monoisotopic (exact) mass is 323 g/mol. The van der Waals surface area contributed by atoms with Crippen LogP contribution in [0.15, 0.2) is 48.5 Å². The maximum Gasteiger partial charge on any atom is 0.330 e. The number of rotatable bonds is 4. The third kappa shape index (κ3) is 3.74. The van der Waals surface area contributed by atoms with Crippen molar-refractivity contribution in [2.75, 3.05) is 0 Å². The van der Waals surface area contributed by atoms with E-state index in [1.807, 2.05) is 0 Å². The number of hydrogen-bond acceptors (Lipinski definition) is 2. The van der Waals surface area contributed by atoms with E-state index in [1.165, 1.54) is 18.2 Å². The molecule has 21 heavy (non-hydrogen) atoms. The van der Waals surface area contributed by atoms with Crippen LogP contribution in [0.5, 0.6) is 0 Å². The number of nitrogens with one attached hydrogen (secondary N) is 1. The van der Waals surface area contributed by atoms with Crippen molar-refractivity contribution in [3.8, 4) is 0 Å². The summed E-state index contributed by atoms with van der Waals surface area (Å²) in [4.78, 5) is 23.5. The van der Waals surface area contributed by atoms with Gasteiger partial charge in [0.25, 0.3) is 5.91 Å². The van der Waals surface area contributed by atoms with Crippen LogP contribution in [-0.2, 0) is 4.79 Å². The van der Waals surface area contributed by atoms with Gasteiger partial charge < -0.3 is 10.4 Å². The Hall–Kier alpha value is -2.04. The summed E-state index contributed by atoms with van der Waals surface area (Å²) in [6.07, 6.45) is 0. The van der Waals surface area contributed by atoms with Crippen LogP contribution in [0.3, 0.4) is 0 Å². The molecule has 1 amide bonds. The number of carboxylic acid groups (broad SMARTS) is 1. The Morgan fingerprint density at radius 2 is 1.71 bits per heavy atom. The molecule has 1 atom stereocenters. The van der Waals surface area contributed by atoms with E-state index in [1.54, 1.807) is 30.3 Å². The fraction of sp³-hybridized carbons (Fsp3) is 0.0667. The van der Waals surface area contributed by atoms with Crippen LogP contribution < -0.4 is 5.32 Å². The summed E-state index contributed by atoms with van der Waals surface area (Å²) in [6.45, 7) is 0. The first-order chi connectivity index (χ1) is 9.99. The fourth-order valence-corrected chi connectivity index (χ4v) is 2.31. The van der Waals surface area contributed by atoms with E-state index in [-0.39, 0.29) is 10.6 Å². The van der Waals surface area contributed by atoms with Gasteiger partial charge in [-0.3, -0.25) is 4.79 Å². The fourth-order valence-electron chi connectivity index (χ4n) is 1.82. The Morgan fingerprint density at radius 1 is 1.05 bits per heavy atom. The molecule has 6 heteroatoms. The average molecular weight is 324 g/mol. The molecule has 0 aromatic heterocycles. The van der Waals surface area contributed by atoms with E-state index in [0.29, 0.717) is 10.6 Å². The first-order valence-electron chi connectivity index (χ1n) is 6.02. The maximum atomic E-state index is 12.2. The molecule has 0 aliphatic carbocycles. The molecule has 0 bridgehead atoms. The lowest BCUT2D eigenvalue weighted by Crippen LogP contribution is -2.33. The van der Waals surface area contributed by atoms with Gasteiger partial charge in [-0.15, -0.1) is 0 Å². The van der Waals surface area contributed by atoms with Crippen molar-refractivity contribution in [1.82, 2.24) is 5.32 Å². The molecule has 2 N–H and O–H groups in total. The van der Waals surface area contributed by atoms with Crippen molar-refractivity contribution in [3.05, 3.63) is 69.7 Å². The standard InChI is InChI=1S/C15H11Cl2NO3/c16-10-6-7-11(12(17)8-10)14(19)18-13(15(20)21)9-4-2-1-3-5-9/h1-8,13H,(H,18,19)(H,20,21)/t13-/m1/s1. The van der Waals surface area contributed by atoms with Gasteiger partial charge in [0.1, 0.15) is 0 Å². The zero-order valence-electron chi connectivity index (χ0n) is 10.7. The molecule has 108 valence electrons. The number of aliphatic carboxylic acids is 1. The van der Waals surface area contributed by atoms with Gasteiger partial charge in [-0.25, -0.2) is 4.79 Å². The minimum atomic E-state index is -1.15. The topological polar surface area (TPSA) is 66.4 Å². The van der Waals surface area contributed by atoms with Crippen molar-refractivity contribution < 1.29 is 14.7 Å². The number of halogens is 2. The van der Waals surface area contributed by atoms with Crippen LogP contribution in [0.25, 0.3) is 0 Å². The predicted molar refractivity (Wildman–Crippen MR) is 80.7 cm³/mol. The number of hydrogen-bond donors (Lipinski definition) is 2. The van der Waals surface area contributed by atoms with Crippen LogP contribution in [0.2, 0.25) is 10.0 Å². The summed E-state index contributed by atoms with van der Waals surface area (Å²) in [7, 11) is 0. The quantitative estimate of drug-likeness (QED) is 0.904. The summed E-state index contributed by atoms with van der Waals surface area (Å²) in [5, 5.41) is 12.3. The molecule has 0 aliphatic heterocycles. The van der Waals surface area contributed by atoms with Crippen LogP contribution >= 0.6 is 23.2 Å². The first kappa shape index (κ1) is 15.4. The number of amides is 1. The van der Waals surface area contributed by atoms with Gasteiger partial charge in [-0.05, 0) is 23.8 Å². The zero-order chi connectivity index (χ0) is 15.4. The lowest BCUT2D eigenvalue weighted by atomic mass is 10.1. The molecule has 4 nitrogen and oxygen atoms in total. The normalized spacial score (nSPS) is 11.7. The van der Waals surface area contributed by atoms with Crippen LogP contribution in [-0.4, -0.2) is 17.0 Å². The number of carbonyl (C=O) groups excluding carboxylic acids is 1. The van der Waals surface area contributed by atoms with Gasteiger partial charge in [0, 0.05) is 5.02 Å². The Labute approximate surface area is 131 Å². The molecule has 0 fully saturated rings. The second-order valence-electron chi connectivity index (χ2n) is 4.28. The molecule has 2 aromatic rings. The second-order valence-corrected chi connectivity index (χ2v) is 5.12. The highest BCUT2D eigenvalue weighted by atomic mass is 35.5. The van der Waals surface area contributed by atoms with Gasteiger partial charge >= 0.3 is 5.97 Å². The second kappa shape index (κ2) is 6.61. The summed E-state index contributed by atoms with van der Waals surface area (Å²) in [6, 6.07) is 11.7. The van der Waals surface area contributed by atoms with Crippen LogP contribution in [0, 0.1) is 0 Å². The highest BCUT2D eigenvalue weighted by Gasteiger charge is 2.23. The Morgan fingerprint density at radius 3 is 2.29 bits per heavy atom. The molecule has 0 saturated carbocycles. The number of carbonyl (C=O) groups is 2. The Bertz CT molecular complexity index is 674. The molecule has 0 heterocycles. The number of carboxylic acids is 1. The molecule has 0 aliphatic rings. The zero-order valence-corrected chi connectivity index (χ0v) is 12.2. The SMILES string of the molecule is O=C(N[C@@H](C(=O)O)c1ccccc1)c1ccc(Cl)cc1Cl. The van der Waals surface area contributed by atoms with Crippen molar-refractivity contribution in [2.45, 2.75) is 6.04 Å². The molecule has 2 aromatic carbocycles. The summed E-state index contributed by atoms with van der Waals surface area (Å²) < 4.78 is 0. The minimum Gasteiger partial charge on any atom is -0.479 e. The molecule has 0 radical (unpaired) electrons. The first-order valence-corrected chi connectivity index (χ1v) is 6.78. The average Bonchev–Trinajstić information content (AvgIpc) is 2.45. The van der Waals surface area contributed by atoms with Crippen molar-refractivity contribution in [2.24, 2.45) is 0 Å². The van der Waals surface area contributed by atoms with E-state index >= 15 is 0 Å². The van der Waals surface area contributed by atoms with E-state index in [2.05, 4.69) is 5.32 Å². The largest absolute Gasteiger partial charge is 0.479 e. The summed E-state index contributed by atoms with van der Waals surface area (Å²) in [5.74, 6) is -1.73. The third-order valence-corrected chi connectivity index (χ3v) is 3.38. The molecule has 0 spiro atoms. The van der Waals surface area contributed by atoms with Crippen molar-refractivity contribution >= 4 is 35.1 Å². The molecule has 0 saturated heterocycles. The van der Waals surface area contributed by atoms with E-state index in [4.69, 9.17) is 23.2 Å². The summed E-state index contributed by atoms with van der Waals surface area (Å²) in [5.41, 5.74) is 0.645. The van der Waals surface area contributed by atoms with Gasteiger partial charge in [0.15, 0.2) is 6.04 Å². The van der Waals surface area contributed by atoms with Crippen molar-refractivity contribution in [1.29, 1.82) is 0 Å². The van der Waals surface area contributed by atoms with E-state index in [0.717, 1.165) is 0 Å². The lowest BCUT2D eigenvalue weighted by Gasteiger charge is -2.15. The van der Waals surface area contributed by atoms with Gasteiger partial charge in [-0.2, -0.15) is 0 Å². The highest BCUT2D eigenvalue weighted by molar-refractivity contribution is 6.36. The highest BCUT2D eigenvalue weighted by Crippen LogP contribution is 2.22. The Kier molecular flexibility index (Phi) is 4.83. The van der Waals surface area contributed by atoms with Gasteiger partial charge in [0.05, 0.1) is 10.6 Å². The Balaban J connectivity index is 2.25. The molecular formula is C15H11Cl2NO3. The van der Waals surface area contributed by atoms with Gasteiger partial charge in [0.2, 0.25) is 0 Å². The predicted octanol–water partition coefficient (Wildman–Crippen LogP) is 3.55. The third-order valence-electron chi connectivity index (χ3n) is 2.83.